The lowest BCUT2D eigenvalue weighted by Gasteiger charge is -2.33. The van der Waals surface area contributed by atoms with Crippen LogP contribution >= 0.6 is 7.60 Å². The number of hydrogen-bond acceptors (Lipinski definition) is 8. The van der Waals surface area contributed by atoms with Crippen LogP contribution in [0.25, 0.3) is 0 Å². The highest BCUT2D eigenvalue weighted by atomic mass is 31.2. The van der Waals surface area contributed by atoms with Gasteiger partial charge < -0.3 is 35.8 Å². The second-order valence-corrected chi connectivity index (χ2v) is 14.6. The first-order valence-electron chi connectivity index (χ1n) is 16.1. The highest BCUT2D eigenvalue weighted by Gasteiger charge is 2.41. The number of rotatable bonds is 20. The van der Waals surface area contributed by atoms with Crippen molar-refractivity contribution < 1.29 is 33.1 Å². The molecule has 11 nitrogen and oxygen atoms in total. The number of unbranched alkanes of at least 4 members (excludes halogenated alkanes) is 2. The van der Waals surface area contributed by atoms with E-state index < -0.39 is 43.4 Å². The van der Waals surface area contributed by atoms with Gasteiger partial charge in [-0.05, 0) is 49.6 Å². The van der Waals surface area contributed by atoms with E-state index in [2.05, 4.69) is 16.0 Å². The molecule has 1 unspecified atom stereocenters. The number of nitrogens with one attached hydrogen (secondary N) is 3. The fourth-order valence-electron chi connectivity index (χ4n) is 5.74. The molecule has 1 fully saturated rings. The van der Waals surface area contributed by atoms with Gasteiger partial charge in [0.1, 0.15) is 12.1 Å². The van der Waals surface area contributed by atoms with Gasteiger partial charge in [-0.2, -0.15) is 0 Å². The maximum Gasteiger partial charge on any atom is 0.360 e. The Balaban J connectivity index is 2.25. The van der Waals surface area contributed by atoms with Crippen LogP contribution in [-0.2, 0) is 34.4 Å². The zero-order valence-corrected chi connectivity index (χ0v) is 27.9. The largest absolute Gasteiger partial charge is 0.379 e. The zero-order valence-electron chi connectivity index (χ0n) is 27.0. The minimum atomic E-state index is -3.92. The molecule has 0 spiro atoms. The van der Waals surface area contributed by atoms with Crippen molar-refractivity contribution in [3.05, 3.63) is 35.9 Å². The Kier molecular flexibility index (Phi) is 17.2. The van der Waals surface area contributed by atoms with E-state index in [9.17, 15) is 24.1 Å². The second kappa shape index (κ2) is 20.0. The number of nitrogens with two attached hydrogens (primary N) is 1. The lowest BCUT2D eigenvalue weighted by atomic mass is 9.85. The molecule has 0 saturated heterocycles. The number of carbonyl (C=O) groups is 3. The molecule has 12 heteroatoms. The summed E-state index contributed by atoms with van der Waals surface area (Å²) in [5.74, 6) is -2.52. The second-order valence-electron chi connectivity index (χ2n) is 12.3. The molecule has 3 amide bonds. The molecular weight excluding hydrogens is 583 g/mol. The van der Waals surface area contributed by atoms with Gasteiger partial charge in [-0.25, -0.2) is 0 Å². The van der Waals surface area contributed by atoms with Crippen molar-refractivity contribution >= 4 is 25.3 Å². The SMILES string of the molecule is COP(=O)(OC)C(O)[C@H](CC1CCCCC1)NC(=O)[C@H](CC(C)C)NC(=O)[C@H](Cc1ccccc1)NC(=O)CCCCCN. The molecule has 1 aliphatic carbocycles. The summed E-state index contributed by atoms with van der Waals surface area (Å²) in [5.41, 5.74) is 6.43. The summed E-state index contributed by atoms with van der Waals surface area (Å²) in [6.45, 7) is 4.44. The molecule has 1 aliphatic rings. The number of aliphatic hydroxyl groups excluding tert-OH is 1. The summed E-state index contributed by atoms with van der Waals surface area (Å²) >= 11 is 0. The Labute approximate surface area is 263 Å². The van der Waals surface area contributed by atoms with Crippen LogP contribution in [0.4, 0.5) is 0 Å². The first kappa shape index (κ1) is 37.9. The first-order valence-corrected chi connectivity index (χ1v) is 17.7. The van der Waals surface area contributed by atoms with Crippen molar-refractivity contribution in [2.45, 2.75) is 115 Å². The molecule has 44 heavy (non-hydrogen) atoms. The molecule has 1 aromatic rings. The summed E-state index contributed by atoms with van der Waals surface area (Å²) in [4.78, 5) is 40.3. The first-order chi connectivity index (χ1) is 21.0. The average molecular weight is 639 g/mol. The van der Waals surface area contributed by atoms with Crippen molar-refractivity contribution in [1.82, 2.24) is 16.0 Å². The number of carbonyl (C=O) groups excluding carboxylic acids is 3. The molecule has 1 saturated carbocycles. The van der Waals surface area contributed by atoms with Crippen LogP contribution in [0.3, 0.4) is 0 Å². The summed E-state index contributed by atoms with van der Waals surface area (Å²) in [5, 5.41) is 19.8. The molecule has 1 aromatic carbocycles. The highest BCUT2D eigenvalue weighted by Crippen LogP contribution is 2.52. The molecule has 0 aliphatic heterocycles. The number of benzene rings is 1. The van der Waals surface area contributed by atoms with Crippen molar-refractivity contribution in [1.29, 1.82) is 0 Å². The van der Waals surface area contributed by atoms with Gasteiger partial charge in [-0.3, -0.25) is 18.9 Å². The fraction of sp³-hybridized carbons (Fsp3) is 0.719. The van der Waals surface area contributed by atoms with Crippen LogP contribution in [0.1, 0.15) is 90.0 Å². The highest BCUT2D eigenvalue weighted by molar-refractivity contribution is 7.54. The van der Waals surface area contributed by atoms with E-state index in [1.165, 1.54) is 14.2 Å². The van der Waals surface area contributed by atoms with Gasteiger partial charge in [-0.15, -0.1) is 0 Å². The minimum Gasteiger partial charge on any atom is -0.379 e. The van der Waals surface area contributed by atoms with E-state index in [0.717, 1.165) is 50.5 Å². The van der Waals surface area contributed by atoms with Gasteiger partial charge in [0, 0.05) is 27.1 Å². The molecule has 2 rings (SSSR count). The average Bonchev–Trinajstić information content (AvgIpc) is 3.02. The molecule has 4 atom stereocenters. The van der Waals surface area contributed by atoms with Crippen LogP contribution < -0.4 is 21.7 Å². The van der Waals surface area contributed by atoms with Crippen LogP contribution in [0.5, 0.6) is 0 Å². The van der Waals surface area contributed by atoms with Crippen LogP contribution in [-0.4, -0.2) is 67.6 Å². The Morgan fingerprint density at radius 2 is 1.57 bits per heavy atom. The van der Waals surface area contributed by atoms with Gasteiger partial charge in [0.05, 0.1) is 6.04 Å². The molecule has 0 aromatic heterocycles. The van der Waals surface area contributed by atoms with Gasteiger partial charge in [0.15, 0.2) is 5.85 Å². The van der Waals surface area contributed by atoms with E-state index in [0.29, 0.717) is 25.8 Å². The quantitative estimate of drug-likeness (QED) is 0.105. The number of amides is 3. The third-order valence-corrected chi connectivity index (χ3v) is 10.2. The Morgan fingerprint density at radius 1 is 0.932 bits per heavy atom. The predicted octanol–water partition coefficient (Wildman–Crippen LogP) is 4.02. The normalized spacial score (nSPS) is 17.0. The van der Waals surface area contributed by atoms with E-state index in [4.69, 9.17) is 14.8 Å². The van der Waals surface area contributed by atoms with Crippen molar-refractivity contribution in [3.8, 4) is 0 Å². The molecule has 6 N–H and O–H groups in total. The molecule has 250 valence electrons. The topological polar surface area (TPSA) is 169 Å². The zero-order chi connectivity index (χ0) is 32.5. The lowest BCUT2D eigenvalue weighted by molar-refractivity contribution is -0.132. The Bertz CT molecular complexity index is 1040. The van der Waals surface area contributed by atoms with Gasteiger partial charge >= 0.3 is 7.60 Å². The van der Waals surface area contributed by atoms with E-state index in [-0.39, 0.29) is 30.6 Å². The Morgan fingerprint density at radius 3 is 2.16 bits per heavy atom. The van der Waals surface area contributed by atoms with Gasteiger partial charge in [0.25, 0.3) is 0 Å². The molecule has 0 heterocycles. The number of aliphatic hydroxyl groups is 1. The summed E-state index contributed by atoms with van der Waals surface area (Å²) in [7, 11) is -1.52. The number of hydrogen-bond donors (Lipinski definition) is 5. The third-order valence-electron chi connectivity index (χ3n) is 8.21. The summed E-state index contributed by atoms with van der Waals surface area (Å²) in [6.07, 6.45) is 8.72. The maximum atomic E-state index is 13.8. The molecular formula is C32H55N4O7P. The smallest absolute Gasteiger partial charge is 0.360 e. The van der Waals surface area contributed by atoms with E-state index in [1.807, 2.05) is 44.2 Å². The van der Waals surface area contributed by atoms with Gasteiger partial charge in [-0.1, -0.05) is 82.7 Å². The standard InChI is InChI=1S/C32H55N4O7P/c1-23(2)20-26(30(38)36-28(22-25-16-10-6-11-17-25)32(40)44(41,42-3)43-4)35-31(39)27(21-24-14-8-5-9-15-24)34-29(37)18-12-7-13-19-33/h5,8-9,14-15,23,25-28,32,40H,6-7,10-13,16-22,33H2,1-4H3,(H,34,37)(H,35,39)(H,36,38)/t26-,27-,28-,32?/m0/s1. The van der Waals surface area contributed by atoms with Crippen LogP contribution in [0.15, 0.2) is 30.3 Å². The van der Waals surface area contributed by atoms with Gasteiger partial charge in [0.2, 0.25) is 17.7 Å². The lowest BCUT2D eigenvalue weighted by Crippen LogP contribution is -2.57. The third kappa shape index (κ3) is 13.0. The van der Waals surface area contributed by atoms with Crippen LogP contribution in [0, 0.1) is 11.8 Å². The van der Waals surface area contributed by atoms with E-state index >= 15 is 0 Å². The van der Waals surface area contributed by atoms with Crippen molar-refractivity contribution in [2.24, 2.45) is 17.6 Å². The monoisotopic (exact) mass is 638 g/mol. The van der Waals surface area contributed by atoms with Crippen molar-refractivity contribution in [2.75, 3.05) is 20.8 Å². The summed E-state index contributed by atoms with van der Waals surface area (Å²) < 4.78 is 23.3. The Hall–Kier alpha value is -2.30. The van der Waals surface area contributed by atoms with E-state index in [1.54, 1.807) is 0 Å². The minimum absolute atomic E-state index is 0.0431. The van der Waals surface area contributed by atoms with Crippen molar-refractivity contribution in [3.63, 3.8) is 0 Å². The maximum absolute atomic E-state index is 13.8. The van der Waals surface area contributed by atoms with Crippen LogP contribution in [0.2, 0.25) is 0 Å². The molecule has 0 radical (unpaired) electrons. The fourth-order valence-corrected chi connectivity index (χ4v) is 6.96. The molecule has 0 bridgehead atoms. The predicted molar refractivity (Wildman–Crippen MR) is 172 cm³/mol. The summed E-state index contributed by atoms with van der Waals surface area (Å²) in [6, 6.07) is 6.62.